The van der Waals surface area contributed by atoms with Crippen LogP contribution in [0.5, 0.6) is 0 Å². The molecule has 74 valence electrons. The molecule has 0 aromatic heterocycles. The molecule has 1 rings (SSSR count). The van der Waals surface area contributed by atoms with E-state index in [1.807, 2.05) is 39.0 Å². The summed E-state index contributed by atoms with van der Waals surface area (Å²) in [6, 6.07) is 8.08. The number of aliphatic hydroxyl groups excluding tert-OH is 1. The Hall–Kier alpha value is -1.02. The standard InChI is InChI=1S/C9H13NO.C2H6/c1-8-3-2-4-9(7-8)10-5-6-11;1-2/h2-4,7,10-11H,5-6H2,1H3;1-2H3. The summed E-state index contributed by atoms with van der Waals surface area (Å²) in [7, 11) is 0. The van der Waals surface area contributed by atoms with E-state index in [9.17, 15) is 0 Å². The lowest BCUT2D eigenvalue weighted by Crippen LogP contribution is -2.04. The van der Waals surface area contributed by atoms with Gasteiger partial charge in [-0.2, -0.15) is 0 Å². The summed E-state index contributed by atoms with van der Waals surface area (Å²) in [6.45, 7) is 6.83. The Labute approximate surface area is 80.6 Å². The fourth-order valence-electron chi connectivity index (χ4n) is 0.955. The molecule has 0 aliphatic heterocycles. The first-order valence-corrected chi connectivity index (χ1v) is 4.74. The highest BCUT2D eigenvalue weighted by molar-refractivity contribution is 5.45. The fourth-order valence-corrected chi connectivity index (χ4v) is 0.955. The largest absolute Gasteiger partial charge is 0.395 e. The highest BCUT2D eigenvalue weighted by Crippen LogP contribution is 2.08. The minimum Gasteiger partial charge on any atom is -0.395 e. The van der Waals surface area contributed by atoms with Gasteiger partial charge in [0.15, 0.2) is 0 Å². The number of nitrogens with one attached hydrogen (secondary N) is 1. The van der Waals surface area contributed by atoms with Gasteiger partial charge in [-0.15, -0.1) is 0 Å². The first-order valence-electron chi connectivity index (χ1n) is 4.74. The zero-order valence-electron chi connectivity index (χ0n) is 8.67. The molecule has 0 aliphatic carbocycles. The molecule has 0 saturated heterocycles. The van der Waals surface area contributed by atoms with Gasteiger partial charge in [0.05, 0.1) is 6.61 Å². The van der Waals surface area contributed by atoms with Crippen LogP contribution in [0.15, 0.2) is 24.3 Å². The van der Waals surface area contributed by atoms with Crippen molar-refractivity contribution in [1.29, 1.82) is 0 Å². The summed E-state index contributed by atoms with van der Waals surface area (Å²) in [5, 5.41) is 11.6. The third-order valence-corrected chi connectivity index (χ3v) is 1.46. The van der Waals surface area contributed by atoms with Crippen molar-refractivity contribution in [2.45, 2.75) is 20.8 Å². The molecule has 0 unspecified atom stereocenters. The van der Waals surface area contributed by atoms with Crippen molar-refractivity contribution in [1.82, 2.24) is 0 Å². The summed E-state index contributed by atoms with van der Waals surface area (Å²) in [5.41, 5.74) is 2.30. The highest BCUT2D eigenvalue weighted by atomic mass is 16.3. The molecule has 1 aromatic carbocycles. The van der Waals surface area contributed by atoms with Gasteiger partial charge in [0, 0.05) is 12.2 Å². The molecular weight excluding hydrogens is 162 g/mol. The summed E-state index contributed by atoms with van der Waals surface area (Å²) >= 11 is 0. The van der Waals surface area contributed by atoms with Crippen LogP contribution < -0.4 is 5.32 Å². The van der Waals surface area contributed by atoms with Crippen molar-refractivity contribution in [3.05, 3.63) is 29.8 Å². The molecule has 0 spiro atoms. The van der Waals surface area contributed by atoms with Gasteiger partial charge in [-0.3, -0.25) is 0 Å². The van der Waals surface area contributed by atoms with Crippen molar-refractivity contribution in [2.24, 2.45) is 0 Å². The van der Waals surface area contributed by atoms with Gasteiger partial charge in [-0.05, 0) is 24.6 Å². The maximum atomic E-state index is 8.53. The summed E-state index contributed by atoms with van der Waals surface area (Å²) in [4.78, 5) is 0. The SMILES string of the molecule is CC.Cc1cccc(NCCO)c1. The monoisotopic (exact) mass is 181 g/mol. The molecule has 0 saturated carbocycles. The Bertz CT molecular complexity index is 223. The Morgan fingerprint density at radius 3 is 2.54 bits per heavy atom. The molecule has 0 radical (unpaired) electrons. The van der Waals surface area contributed by atoms with Crippen LogP contribution in [-0.4, -0.2) is 18.3 Å². The summed E-state index contributed by atoms with van der Waals surface area (Å²) in [6.07, 6.45) is 0. The number of hydrogen-bond acceptors (Lipinski definition) is 2. The van der Waals surface area contributed by atoms with Gasteiger partial charge < -0.3 is 10.4 Å². The van der Waals surface area contributed by atoms with E-state index in [0.717, 1.165) is 5.69 Å². The van der Waals surface area contributed by atoms with Crippen LogP contribution in [0.2, 0.25) is 0 Å². The van der Waals surface area contributed by atoms with Crippen molar-refractivity contribution < 1.29 is 5.11 Å². The molecule has 0 fully saturated rings. The second-order valence-corrected chi connectivity index (χ2v) is 2.52. The molecule has 2 N–H and O–H groups in total. The maximum Gasteiger partial charge on any atom is 0.0604 e. The second kappa shape index (κ2) is 7.62. The average molecular weight is 181 g/mol. The van der Waals surface area contributed by atoms with Crippen LogP contribution in [0.4, 0.5) is 5.69 Å². The quantitative estimate of drug-likeness (QED) is 0.750. The summed E-state index contributed by atoms with van der Waals surface area (Å²) in [5.74, 6) is 0. The number of aryl methyl sites for hydroxylation is 1. The van der Waals surface area contributed by atoms with Crippen LogP contribution >= 0.6 is 0 Å². The predicted octanol–water partition coefficient (Wildman–Crippen LogP) is 2.43. The van der Waals surface area contributed by atoms with Gasteiger partial charge in [0.1, 0.15) is 0 Å². The van der Waals surface area contributed by atoms with Crippen molar-refractivity contribution in [3.8, 4) is 0 Å². The Morgan fingerprint density at radius 2 is 2.00 bits per heavy atom. The first kappa shape index (κ1) is 12.0. The van der Waals surface area contributed by atoms with Gasteiger partial charge in [0.25, 0.3) is 0 Å². The van der Waals surface area contributed by atoms with Gasteiger partial charge >= 0.3 is 0 Å². The zero-order valence-corrected chi connectivity index (χ0v) is 8.67. The molecule has 0 aliphatic rings. The maximum absolute atomic E-state index is 8.53. The molecule has 2 heteroatoms. The molecule has 13 heavy (non-hydrogen) atoms. The lowest BCUT2D eigenvalue weighted by molar-refractivity contribution is 0.311. The molecule has 0 amide bonds. The Morgan fingerprint density at radius 1 is 1.31 bits per heavy atom. The minimum atomic E-state index is 0.175. The van der Waals surface area contributed by atoms with Crippen molar-refractivity contribution >= 4 is 5.69 Å². The zero-order chi connectivity index (χ0) is 10.1. The number of rotatable bonds is 3. The van der Waals surface area contributed by atoms with E-state index in [0.29, 0.717) is 6.54 Å². The molecule has 0 atom stereocenters. The molecule has 0 bridgehead atoms. The van der Waals surface area contributed by atoms with E-state index in [1.165, 1.54) is 5.56 Å². The Balaban J connectivity index is 0.000000671. The van der Waals surface area contributed by atoms with Crippen LogP contribution in [-0.2, 0) is 0 Å². The third-order valence-electron chi connectivity index (χ3n) is 1.46. The van der Waals surface area contributed by atoms with E-state index in [1.54, 1.807) is 0 Å². The van der Waals surface area contributed by atoms with Crippen LogP contribution in [0, 0.1) is 6.92 Å². The van der Waals surface area contributed by atoms with Crippen LogP contribution in [0.3, 0.4) is 0 Å². The Kier molecular flexibility index (Phi) is 7.02. The van der Waals surface area contributed by atoms with E-state index < -0.39 is 0 Å². The molecule has 0 heterocycles. The average Bonchev–Trinajstić information content (AvgIpc) is 2.18. The lowest BCUT2D eigenvalue weighted by Gasteiger charge is -2.03. The third kappa shape index (κ3) is 5.26. The normalized spacial score (nSPS) is 8.62. The van der Waals surface area contributed by atoms with E-state index in [4.69, 9.17) is 5.11 Å². The molecule has 2 nitrogen and oxygen atoms in total. The van der Waals surface area contributed by atoms with Crippen molar-refractivity contribution in [3.63, 3.8) is 0 Å². The number of hydrogen-bond donors (Lipinski definition) is 2. The molecule has 1 aromatic rings. The predicted molar refractivity (Wildman–Crippen MR) is 58.1 cm³/mol. The number of benzene rings is 1. The minimum absolute atomic E-state index is 0.175. The van der Waals surface area contributed by atoms with Crippen molar-refractivity contribution in [2.75, 3.05) is 18.5 Å². The second-order valence-electron chi connectivity index (χ2n) is 2.52. The van der Waals surface area contributed by atoms with Gasteiger partial charge in [-0.25, -0.2) is 0 Å². The van der Waals surface area contributed by atoms with E-state index in [-0.39, 0.29) is 6.61 Å². The van der Waals surface area contributed by atoms with Gasteiger partial charge in [-0.1, -0.05) is 26.0 Å². The van der Waals surface area contributed by atoms with E-state index >= 15 is 0 Å². The highest BCUT2D eigenvalue weighted by Gasteiger charge is 1.89. The topological polar surface area (TPSA) is 32.3 Å². The number of anilines is 1. The fraction of sp³-hybridized carbons (Fsp3) is 0.455. The van der Waals surface area contributed by atoms with E-state index in [2.05, 4.69) is 11.4 Å². The van der Waals surface area contributed by atoms with Gasteiger partial charge in [0.2, 0.25) is 0 Å². The van der Waals surface area contributed by atoms with Crippen LogP contribution in [0.25, 0.3) is 0 Å². The van der Waals surface area contributed by atoms with Crippen LogP contribution in [0.1, 0.15) is 19.4 Å². The first-order chi connectivity index (χ1) is 6.33. The lowest BCUT2D eigenvalue weighted by atomic mass is 10.2. The summed E-state index contributed by atoms with van der Waals surface area (Å²) < 4.78 is 0. The smallest absolute Gasteiger partial charge is 0.0604 e. The molecular formula is C11H19NO. The number of aliphatic hydroxyl groups is 1.